The first-order valence-corrected chi connectivity index (χ1v) is 10.9. The third-order valence-electron chi connectivity index (χ3n) is 4.28. The van der Waals surface area contributed by atoms with E-state index >= 15 is 0 Å². The van der Waals surface area contributed by atoms with Gasteiger partial charge in [0.25, 0.3) is 5.54 Å². The van der Waals surface area contributed by atoms with Crippen molar-refractivity contribution in [2.75, 3.05) is 0 Å². The molecule has 2 aliphatic carbocycles. The van der Waals surface area contributed by atoms with Crippen molar-refractivity contribution in [1.82, 2.24) is 5.16 Å². The molecule has 1 heterocycles. The molecule has 134 valence electrons. The molecular formula is C13H16N4O7Si. The molecule has 0 spiro atoms. The van der Waals surface area contributed by atoms with Crippen LogP contribution in [0.25, 0.3) is 5.70 Å². The molecule has 0 bridgehead atoms. The molecule has 1 aromatic rings. The van der Waals surface area contributed by atoms with E-state index in [1.54, 1.807) is 12.2 Å². The average Bonchev–Trinajstić information content (AvgIpc) is 2.87. The van der Waals surface area contributed by atoms with Crippen molar-refractivity contribution in [2.24, 2.45) is 0 Å². The fourth-order valence-corrected chi connectivity index (χ4v) is 4.37. The van der Waals surface area contributed by atoms with Gasteiger partial charge in [-0.25, -0.2) is 0 Å². The number of allylic oxidation sites excluding steroid dienone is 1. The zero-order valence-corrected chi connectivity index (χ0v) is 14.7. The minimum atomic E-state index is -2.23. The molecule has 0 saturated carbocycles. The largest absolute Gasteiger partial charge is 0.404 e. The lowest BCUT2D eigenvalue weighted by Crippen LogP contribution is -2.59. The van der Waals surface area contributed by atoms with E-state index in [2.05, 4.69) is 9.79 Å². The Labute approximate surface area is 142 Å². The summed E-state index contributed by atoms with van der Waals surface area (Å²) in [6.07, 6.45) is 3.28. The molecule has 0 aliphatic heterocycles. The summed E-state index contributed by atoms with van der Waals surface area (Å²) in [6, 6.07) is 0. The minimum absolute atomic E-state index is 0.0134. The Morgan fingerprint density at radius 1 is 1.40 bits per heavy atom. The molecule has 0 amide bonds. The number of aromatic nitrogens is 2. The highest BCUT2D eigenvalue weighted by molar-refractivity contribution is 6.69. The second kappa shape index (κ2) is 5.45. The summed E-state index contributed by atoms with van der Waals surface area (Å²) < 4.78 is 10.4. The molecular weight excluding hydrogens is 352 g/mol. The zero-order valence-electron chi connectivity index (χ0n) is 13.7. The number of nitro groups is 2. The second-order valence-electron chi connectivity index (χ2n) is 6.96. The van der Waals surface area contributed by atoms with E-state index in [1.165, 1.54) is 0 Å². The highest BCUT2D eigenvalue weighted by Gasteiger charge is 2.65. The molecule has 2 aliphatic rings. The van der Waals surface area contributed by atoms with E-state index in [-0.39, 0.29) is 22.7 Å². The van der Waals surface area contributed by atoms with Gasteiger partial charge in [-0.3, -0.25) is 24.9 Å². The molecule has 25 heavy (non-hydrogen) atoms. The van der Waals surface area contributed by atoms with Crippen LogP contribution in [0.1, 0.15) is 23.7 Å². The van der Waals surface area contributed by atoms with E-state index in [0.29, 0.717) is 0 Å². The monoisotopic (exact) mass is 368 g/mol. The van der Waals surface area contributed by atoms with Crippen molar-refractivity contribution >= 4 is 14.0 Å². The standard InChI is InChI=1S/C13H16N4O7Si/c1-25(2,3)23-10-6-4-5-8-12-11(14-24-16(12)20)9(15(18)19)7-13(8,10)17(21)22/h4,6-8,10H,5H2,1-3H3/t8-,10+,13-/m0/s1. The van der Waals surface area contributed by atoms with Crippen molar-refractivity contribution in [3.05, 3.63) is 55.1 Å². The minimum Gasteiger partial charge on any atom is -0.404 e. The summed E-state index contributed by atoms with van der Waals surface area (Å²) in [7, 11) is -2.23. The molecule has 3 atom stereocenters. The normalized spacial score (nSPS) is 28.0. The second-order valence-corrected chi connectivity index (χ2v) is 11.4. The van der Waals surface area contributed by atoms with E-state index in [1.807, 2.05) is 19.6 Å². The van der Waals surface area contributed by atoms with Crippen molar-refractivity contribution in [1.29, 1.82) is 0 Å². The van der Waals surface area contributed by atoms with Crippen molar-refractivity contribution in [2.45, 2.75) is 43.6 Å². The Morgan fingerprint density at radius 3 is 2.64 bits per heavy atom. The molecule has 12 heteroatoms. The lowest BCUT2D eigenvalue weighted by Gasteiger charge is -2.39. The topological polar surface area (TPSA) is 148 Å². The van der Waals surface area contributed by atoms with Gasteiger partial charge in [-0.2, -0.15) is 0 Å². The average molecular weight is 368 g/mol. The van der Waals surface area contributed by atoms with E-state index in [4.69, 9.17) is 4.43 Å². The van der Waals surface area contributed by atoms with Gasteiger partial charge < -0.3 is 9.63 Å². The number of hydrogen-bond acceptors (Lipinski definition) is 8. The molecule has 1 aromatic heterocycles. The number of rotatable bonds is 4. The predicted molar refractivity (Wildman–Crippen MR) is 84.9 cm³/mol. The quantitative estimate of drug-likeness (QED) is 0.253. The Bertz CT molecular complexity index is 812. The molecule has 0 N–H and O–H groups in total. The maximum Gasteiger partial charge on any atom is 0.329 e. The Morgan fingerprint density at radius 2 is 2.08 bits per heavy atom. The first kappa shape index (κ1) is 17.2. The highest BCUT2D eigenvalue weighted by Crippen LogP contribution is 2.48. The summed E-state index contributed by atoms with van der Waals surface area (Å²) >= 11 is 0. The van der Waals surface area contributed by atoms with Crippen LogP contribution < -0.4 is 4.90 Å². The molecule has 0 aromatic carbocycles. The summed E-state index contributed by atoms with van der Waals surface area (Å²) in [5.41, 5.74) is -3.08. The summed E-state index contributed by atoms with van der Waals surface area (Å²) in [4.78, 5) is 22.1. The first-order chi connectivity index (χ1) is 11.6. The molecule has 0 fully saturated rings. The highest BCUT2D eigenvalue weighted by atomic mass is 28.4. The maximum absolute atomic E-state index is 12.1. The van der Waals surface area contributed by atoms with E-state index in [9.17, 15) is 25.4 Å². The number of fused-ring (bicyclic) bond motifs is 3. The van der Waals surface area contributed by atoms with Gasteiger partial charge in [0.2, 0.25) is 5.69 Å². The predicted octanol–water partition coefficient (Wildman–Crippen LogP) is 1.22. The van der Waals surface area contributed by atoms with Gasteiger partial charge in [-0.1, -0.05) is 12.2 Å². The van der Waals surface area contributed by atoms with Crippen LogP contribution in [0.15, 0.2) is 22.9 Å². The van der Waals surface area contributed by atoms with Gasteiger partial charge in [-0.05, 0) is 31.0 Å². The summed E-state index contributed by atoms with van der Waals surface area (Å²) in [5, 5.41) is 39.0. The summed E-state index contributed by atoms with van der Waals surface area (Å²) in [5.74, 6) is -0.976. The Balaban J connectivity index is 2.28. The smallest absolute Gasteiger partial charge is 0.329 e. The fraction of sp³-hybridized carbons (Fsp3) is 0.538. The van der Waals surface area contributed by atoms with Crippen LogP contribution in [0.4, 0.5) is 0 Å². The SMILES string of the molecule is C[Si](C)(C)O[C@@H]1C=CC[C@H]2c3c(no[n+]3[O-])C([N+](=O)[O-])=C[C@@]12[N+](=O)[O-]. The van der Waals surface area contributed by atoms with Gasteiger partial charge in [0.1, 0.15) is 12.0 Å². The first-order valence-electron chi connectivity index (χ1n) is 7.54. The third-order valence-corrected chi connectivity index (χ3v) is 5.24. The van der Waals surface area contributed by atoms with E-state index in [0.717, 1.165) is 6.08 Å². The maximum atomic E-state index is 12.1. The van der Waals surface area contributed by atoms with Crippen LogP contribution in [0.2, 0.25) is 19.6 Å². The van der Waals surface area contributed by atoms with Gasteiger partial charge >= 0.3 is 11.4 Å². The van der Waals surface area contributed by atoms with Crippen LogP contribution in [0, 0.1) is 25.4 Å². The van der Waals surface area contributed by atoms with Crippen molar-refractivity contribution in [3.63, 3.8) is 0 Å². The molecule has 0 unspecified atom stereocenters. The van der Waals surface area contributed by atoms with Crippen LogP contribution in [0.3, 0.4) is 0 Å². The Hall–Kier alpha value is -2.60. The van der Waals surface area contributed by atoms with Gasteiger partial charge in [0.05, 0.1) is 16.2 Å². The van der Waals surface area contributed by atoms with E-state index < -0.39 is 41.4 Å². The Kier molecular flexibility index (Phi) is 3.76. The van der Waals surface area contributed by atoms with Crippen molar-refractivity contribution in [3.8, 4) is 0 Å². The van der Waals surface area contributed by atoms with Crippen LogP contribution in [-0.4, -0.2) is 35.0 Å². The van der Waals surface area contributed by atoms with Crippen LogP contribution >= 0.6 is 0 Å². The van der Waals surface area contributed by atoms with Gasteiger partial charge in [0.15, 0.2) is 8.32 Å². The molecule has 11 nitrogen and oxygen atoms in total. The van der Waals surface area contributed by atoms with Gasteiger partial charge in [0, 0.05) is 4.92 Å². The van der Waals surface area contributed by atoms with Crippen LogP contribution in [0.5, 0.6) is 0 Å². The summed E-state index contributed by atoms with van der Waals surface area (Å²) in [6.45, 7) is 5.58. The van der Waals surface area contributed by atoms with Crippen molar-refractivity contribution < 1.29 is 23.8 Å². The molecule has 3 rings (SSSR count). The third kappa shape index (κ3) is 2.53. The fourth-order valence-electron chi connectivity index (χ4n) is 3.34. The number of nitrogens with zero attached hydrogens (tertiary/aromatic N) is 4. The zero-order chi connectivity index (χ0) is 18.6. The van der Waals surface area contributed by atoms with Crippen LogP contribution in [-0.2, 0) is 4.43 Å². The lowest BCUT2D eigenvalue weighted by molar-refractivity contribution is -0.810. The molecule has 0 saturated heterocycles. The lowest BCUT2D eigenvalue weighted by atomic mass is 9.69. The van der Waals surface area contributed by atoms with Gasteiger partial charge in [-0.15, -0.1) is 0 Å². The molecule has 0 radical (unpaired) electrons. The number of hydrogen-bond donors (Lipinski definition) is 0.